The SMILES string of the molecule is O=C1CN=C(Cc2ccc(F)c(N3CCCC3=O)c2)C2=C1CCCC2. The molecule has 0 radical (unpaired) electrons. The minimum absolute atomic E-state index is 0.0195. The molecule has 1 saturated heterocycles. The van der Waals surface area contributed by atoms with Crippen molar-refractivity contribution in [1.82, 2.24) is 0 Å². The first-order chi connectivity index (χ1) is 12.1. The van der Waals surface area contributed by atoms with Crippen molar-refractivity contribution in [3.8, 4) is 0 Å². The predicted molar refractivity (Wildman–Crippen MR) is 94.5 cm³/mol. The van der Waals surface area contributed by atoms with Crippen LogP contribution in [0.1, 0.15) is 44.1 Å². The van der Waals surface area contributed by atoms with E-state index in [0.717, 1.165) is 54.5 Å². The largest absolute Gasteiger partial charge is 0.310 e. The van der Waals surface area contributed by atoms with Gasteiger partial charge < -0.3 is 4.90 Å². The van der Waals surface area contributed by atoms with Crippen LogP contribution in [-0.2, 0) is 16.0 Å². The fourth-order valence-corrected chi connectivity index (χ4v) is 4.02. The Morgan fingerprint density at radius 1 is 1.04 bits per heavy atom. The molecule has 25 heavy (non-hydrogen) atoms. The predicted octanol–water partition coefficient (Wildman–Crippen LogP) is 3.39. The average molecular weight is 340 g/mol. The normalized spacial score (nSPS) is 20.8. The molecule has 2 heterocycles. The Labute approximate surface area is 146 Å². The zero-order chi connectivity index (χ0) is 17.4. The summed E-state index contributed by atoms with van der Waals surface area (Å²) >= 11 is 0. The molecule has 1 aliphatic carbocycles. The van der Waals surface area contributed by atoms with Gasteiger partial charge in [-0.3, -0.25) is 14.6 Å². The number of ketones is 1. The van der Waals surface area contributed by atoms with Gasteiger partial charge in [-0.1, -0.05) is 6.07 Å². The minimum atomic E-state index is -0.364. The van der Waals surface area contributed by atoms with Crippen LogP contribution in [0.5, 0.6) is 0 Å². The van der Waals surface area contributed by atoms with Gasteiger partial charge in [-0.25, -0.2) is 4.39 Å². The summed E-state index contributed by atoms with van der Waals surface area (Å²) in [6.45, 7) is 0.802. The summed E-state index contributed by atoms with van der Waals surface area (Å²) in [6.07, 6.45) is 5.74. The number of amides is 1. The van der Waals surface area contributed by atoms with Crippen molar-refractivity contribution in [2.75, 3.05) is 18.0 Å². The van der Waals surface area contributed by atoms with Gasteiger partial charge in [-0.15, -0.1) is 0 Å². The molecule has 4 rings (SSSR count). The Kier molecular flexibility index (Phi) is 4.24. The third-order valence-electron chi connectivity index (χ3n) is 5.31. The highest BCUT2D eigenvalue weighted by atomic mass is 19.1. The molecule has 0 aromatic heterocycles. The average Bonchev–Trinajstić information content (AvgIpc) is 3.05. The van der Waals surface area contributed by atoms with Crippen LogP contribution in [0.15, 0.2) is 34.3 Å². The smallest absolute Gasteiger partial charge is 0.227 e. The second-order valence-corrected chi connectivity index (χ2v) is 6.96. The van der Waals surface area contributed by atoms with Gasteiger partial charge in [-0.05, 0) is 55.4 Å². The summed E-state index contributed by atoms with van der Waals surface area (Å²) in [7, 11) is 0. The number of halogens is 1. The molecule has 4 nitrogen and oxygen atoms in total. The molecule has 130 valence electrons. The van der Waals surface area contributed by atoms with Gasteiger partial charge in [0.05, 0.1) is 5.69 Å². The van der Waals surface area contributed by atoms with Gasteiger partial charge in [0.25, 0.3) is 0 Å². The number of hydrogen-bond donors (Lipinski definition) is 0. The van der Waals surface area contributed by atoms with Crippen molar-refractivity contribution in [1.29, 1.82) is 0 Å². The number of rotatable bonds is 3. The quantitative estimate of drug-likeness (QED) is 0.847. The molecule has 5 heteroatoms. The third-order valence-corrected chi connectivity index (χ3v) is 5.31. The van der Waals surface area contributed by atoms with Crippen LogP contribution in [-0.4, -0.2) is 30.5 Å². The van der Waals surface area contributed by atoms with E-state index in [9.17, 15) is 14.0 Å². The topological polar surface area (TPSA) is 49.7 Å². The molecular weight excluding hydrogens is 319 g/mol. The number of aliphatic imine (C=N–C) groups is 1. The van der Waals surface area contributed by atoms with E-state index >= 15 is 0 Å². The summed E-state index contributed by atoms with van der Waals surface area (Å²) in [5.74, 6) is -0.229. The molecule has 0 spiro atoms. The van der Waals surface area contributed by atoms with E-state index < -0.39 is 0 Å². The second-order valence-electron chi connectivity index (χ2n) is 6.96. The van der Waals surface area contributed by atoms with E-state index in [1.54, 1.807) is 12.1 Å². The zero-order valence-corrected chi connectivity index (χ0v) is 14.2. The van der Waals surface area contributed by atoms with Crippen LogP contribution in [0.25, 0.3) is 0 Å². The molecule has 1 amide bonds. The number of carbonyl (C=O) groups excluding carboxylic acids is 2. The number of Topliss-reactive ketones (excluding diaryl/α,β-unsaturated/α-hetero) is 1. The molecule has 0 N–H and O–H groups in total. The second kappa shape index (κ2) is 6.54. The van der Waals surface area contributed by atoms with E-state index in [1.165, 1.54) is 11.0 Å². The molecule has 3 aliphatic rings. The lowest BCUT2D eigenvalue weighted by Crippen LogP contribution is -2.26. The molecule has 0 saturated carbocycles. The number of allylic oxidation sites excluding steroid dienone is 1. The van der Waals surface area contributed by atoms with E-state index in [4.69, 9.17) is 0 Å². The van der Waals surface area contributed by atoms with Crippen molar-refractivity contribution in [3.05, 3.63) is 40.7 Å². The maximum absolute atomic E-state index is 14.2. The van der Waals surface area contributed by atoms with Crippen LogP contribution in [0, 0.1) is 5.82 Å². The van der Waals surface area contributed by atoms with Crippen molar-refractivity contribution in [3.63, 3.8) is 0 Å². The third kappa shape index (κ3) is 3.03. The Balaban J connectivity index is 1.62. The van der Waals surface area contributed by atoms with Gasteiger partial charge in [0.2, 0.25) is 5.91 Å². The molecule has 0 atom stereocenters. The molecule has 2 aliphatic heterocycles. The molecular formula is C20H21FN2O2. The van der Waals surface area contributed by atoms with Crippen LogP contribution < -0.4 is 4.90 Å². The molecule has 1 aromatic rings. The van der Waals surface area contributed by atoms with Crippen molar-refractivity contribution in [2.24, 2.45) is 4.99 Å². The number of hydrogen-bond acceptors (Lipinski definition) is 3. The monoisotopic (exact) mass is 340 g/mol. The first-order valence-corrected chi connectivity index (χ1v) is 9.01. The van der Waals surface area contributed by atoms with Crippen LogP contribution in [0.3, 0.4) is 0 Å². The highest BCUT2D eigenvalue weighted by molar-refractivity contribution is 6.14. The summed E-state index contributed by atoms with van der Waals surface area (Å²) in [4.78, 5) is 30.0. The van der Waals surface area contributed by atoms with E-state index in [1.807, 2.05) is 0 Å². The highest BCUT2D eigenvalue weighted by Gasteiger charge is 2.27. The van der Waals surface area contributed by atoms with Crippen LogP contribution in [0.2, 0.25) is 0 Å². The number of anilines is 1. The summed E-state index contributed by atoms with van der Waals surface area (Å²) in [5, 5.41) is 0. The maximum Gasteiger partial charge on any atom is 0.227 e. The number of benzene rings is 1. The van der Waals surface area contributed by atoms with Crippen LogP contribution in [0.4, 0.5) is 10.1 Å². The molecule has 0 unspecified atom stereocenters. The number of carbonyl (C=O) groups is 2. The first kappa shape index (κ1) is 16.2. The van der Waals surface area contributed by atoms with Crippen molar-refractivity contribution >= 4 is 23.1 Å². The van der Waals surface area contributed by atoms with Crippen LogP contribution >= 0.6 is 0 Å². The van der Waals surface area contributed by atoms with Gasteiger partial charge in [0.1, 0.15) is 12.4 Å². The first-order valence-electron chi connectivity index (χ1n) is 9.01. The Morgan fingerprint density at radius 2 is 1.84 bits per heavy atom. The Hall–Kier alpha value is -2.30. The summed E-state index contributed by atoms with van der Waals surface area (Å²) in [6, 6.07) is 4.95. The summed E-state index contributed by atoms with van der Waals surface area (Å²) < 4.78 is 14.2. The zero-order valence-electron chi connectivity index (χ0n) is 14.2. The van der Waals surface area contributed by atoms with Gasteiger partial charge >= 0.3 is 0 Å². The number of nitrogens with zero attached hydrogens (tertiary/aromatic N) is 2. The van der Waals surface area contributed by atoms with Crippen molar-refractivity contribution in [2.45, 2.75) is 44.9 Å². The van der Waals surface area contributed by atoms with Gasteiger partial charge in [-0.2, -0.15) is 0 Å². The minimum Gasteiger partial charge on any atom is -0.310 e. The maximum atomic E-state index is 14.2. The lowest BCUT2D eigenvalue weighted by atomic mass is 9.83. The van der Waals surface area contributed by atoms with Crippen molar-refractivity contribution < 1.29 is 14.0 Å². The molecule has 1 fully saturated rings. The van der Waals surface area contributed by atoms with E-state index in [-0.39, 0.29) is 24.1 Å². The summed E-state index contributed by atoms with van der Waals surface area (Å²) in [5.41, 5.74) is 4.31. The van der Waals surface area contributed by atoms with Gasteiger partial charge in [0.15, 0.2) is 5.78 Å². The fraction of sp³-hybridized carbons (Fsp3) is 0.450. The van der Waals surface area contributed by atoms with E-state index in [2.05, 4.69) is 4.99 Å². The van der Waals surface area contributed by atoms with E-state index in [0.29, 0.717) is 25.1 Å². The van der Waals surface area contributed by atoms with Gasteiger partial charge in [0, 0.05) is 30.7 Å². The lowest BCUT2D eigenvalue weighted by molar-refractivity contribution is -0.117. The lowest BCUT2D eigenvalue weighted by Gasteiger charge is -2.25. The fourth-order valence-electron chi connectivity index (χ4n) is 4.02. The standard InChI is InChI=1S/C20H21FN2O2/c21-16-8-7-13(11-18(16)23-9-3-6-20(23)25)10-17-14-4-1-2-5-15(14)19(24)12-22-17/h7-8,11H,1-6,9-10,12H2. The Morgan fingerprint density at radius 3 is 2.60 bits per heavy atom. The Bertz CT molecular complexity index is 810. The highest BCUT2D eigenvalue weighted by Crippen LogP contribution is 2.31. The molecule has 1 aromatic carbocycles. The molecule has 0 bridgehead atoms. The number of dihydropyridines is 1.